The third-order valence-electron chi connectivity index (χ3n) is 4.90. The lowest BCUT2D eigenvalue weighted by atomic mass is 10.6. The molecule has 144 valence electrons. The highest BCUT2D eigenvalue weighted by molar-refractivity contribution is 8.49. The molecule has 0 N–H and O–H groups in total. The third-order valence-corrected chi connectivity index (χ3v) is 32.0. The molecule has 0 radical (unpaired) electrons. The van der Waals surface area contributed by atoms with E-state index in [4.69, 9.17) is 8.23 Å². The molecule has 0 saturated carbocycles. The van der Waals surface area contributed by atoms with E-state index in [0.717, 1.165) is 0 Å². The molecular formula is C18H42O2SSi3. The van der Waals surface area contributed by atoms with E-state index in [9.17, 15) is 0 Å². The van der Waals surface area contributed by atoms with Crippen LogP contribution in [0.2, 0.25) is 36.3 Å². The fraction of sp³-hybridized carbons (Fsp3) is 1.00. The van der Waals surface area contributed by atoms with Crippen molar-refractivity contribution >= 4 is 34.2 Å². The summed E-state index contributed by atoms with van der Waals surface area (Å²) in [6.07, 6.45) is 7.58. The largest absolute Gasteiger partial charge is 0.428 e. The van der Waals surface area contributed by atoms with Crippen LogP contribution in [0, 0.1) is 0 Å². The van der Waals surface area contributed by atoms with Gasteiger partial charge in [0.2, 0.25) is 14.9 Å². The molecule has 1 aliphatic rings. The fourth-order valence-electron chi connectivity index (χ4n) is 4.35. The molecule has 1 heterocycles. The topological polar surface area (TPSA) is 18.5 Å². The van der Waals surface area contributed by atoms with Gasteiger partial charge >= 0.3 is 8.56 Å². The van der Waals surface area contributed by atoms with Crippen LogP contribution in [0.1, 0.15) is 80.1 Å². The molecule has 2 nitrogen and oxygen atoms in total. The van der Waals surface area contributed by atoms with E-state index >= 15 is 0 Å². The molecule has 1 rings (SSSR count). The first-order valence-corrected chi connectivity index (χ1v) is 19.7. The molecule has 1 fully saturated rings. The summed E-state index contributed by atoms with van der Waals surface area (Å²) in [6.45, 7) is 14.1. The van der Waals surface area contributed by atoms with Crippen molar-refractivity contribution in [3.05, 3.63) is 0 Å². The van der Waals surface area contributed by atoms with Gasteiger partial charge in [0.15, 0.2) is 0 Å². The van der Waals surface area contributed by atoms with E-state index in [1.807, 2.05) is 0 Å². The van der Waals surface area contributed by atoms with E-state index in [-0.39, 0.29) is 0 Å². The van der Waals surface area contributed by atoms with Crippen molar-refractivity contribution in [2.24, 2.45) is 0 Å². The van der Waals surface area contributed by atoms with Crippen molar-refractivity contribution in [1.29, 1.82) is 0 Å². The summed E-state index contributed by atoms with van der Waals surface area (Å²) in [5, 5.41) is 0. The lowest BCUT2D eigenvalue weighted by molar-refractivity contribution is 0.363. The zero-order valence-corrected chi connectivity index (χ0v) is 21.0. The molecule has 0 bridgehead atoms. The Kier molecular flexibility index (Phi) is 10.4. The van der Waals surface area contributed by atoms with Crippen LogP contribution in [0.5, 0.6) is 0 Å². The minimum atomic E-state index is -2.00. The van der Waals surface area contributed by atoms with E-state index in [1.54, 1.807) is 0 Å². The minimum absolute atomic E-state index is 1.22. The summed E-state index contributed by atoms with van der Waals surface area (Å²) in [7, 11) is -3.03. The molecule has 0 aliphatic carbocycles. The van der Waals surface area contributed by atoms with Gasteiger partial charge in [-0.3, -0.25) is 0 Å². The molecular weight excluding hydrogens is 365 g/mol. The lowest BCUT2D eigenvalue weighted by Gasteiger charge is -2.54. The normalized spacial score (nSPS) is 21.8. The van der Waals surface area contributed by atoms with Crippen molar-refractivity contribution in [3.8, 4) is 0 Å². The lowest BCUT2D eigenvalue weighted by Crippen LogP contribution is -2.64. The van der Waals surface area contributed by atoms with Crippen LogP contribution in [0.3, 0.4) is 0 Å². The number of rotatable bonds is 12. The van der Waals surface area contributed by atoms with Crippen LogP contribution in [0.15, 0.2) is 0 Å². The first-order valence-electron chi connectivity index (χ1n) is 10.6. The Morgan fingerprint density at radius 1 is 0.500 bits per heavy atom. The first-order chi connectivity index (χ1) is 11.5. The molecule has 6 heteroatoms. The number of hydrogen-bond acceptors (Lipinski definition) is 3. The maximum atomic E-state index is 7.22. The smallest absolute Gasteiger partial charge is 0.318 e. The Balaban J connectivity index is 3.29. The van der Waals surface area contributed by atoms with Crippen LogP contribution >= 0.6 is 10.7 Å². The average molecular weight is 407 g/mol. The van der Waals surface area contributed by atoms with Gasteiger partial charge in [0, 0.05) is 0 Å². The van der Waals surface area contributed by atoms with Crippen molar-refractivity contribution in [2.75, 3.05) is 0 Å². The van der Waals surface area contributed by atoms with E-state index in [0.29, 0.717) is 0 Å². The van der Waals surface area contributed by atoms with Gasteiger partial charge in [-0.2, -0.15) is 10.7 Å². The molecule has 1 saturated heterocycles. The third kappa shape index (κ3) is 5.98. The molecule has 0 amide bonds. The Morgan fingerprint density at radius 2 is 0.792 bits per heavy atom. The monoisotopic (exact) mass is 406 g/mol. The van der Waals surface area contributed by atoms with Gasteiger partial charge in [-0.05, 0) is 36.3 Å². The summed E-state index contributed by atoms with van der Waals surface area (Å²) in [5.74, 6) is 0. The SMILES string of the molecule is CCC[Si]1(CCC)O[Si](CCC)(CCC)S[Si](CCC)(CCC)O1. The van der Waals surface area contributed by atoms with Crippen LogP contribution in [-0.4, -0.2) is 23.5 Å². The van der Waals surface area contributed by atoms with E-state index < -0.39 is 23.5 Å². The highest BCUT2D eigenvalue weighted by atomic mass is 32.5. The second-order valence-electron chi connectivity index (χ2n) is 7.54. The summed E-state index contributed by atoms with van der Waals surface area (Å²) >= 11 is 0. The van der Waals surface area contributed by atoms with Gasteiger partial charge in [-0.25, -0.2) is 0 Å². The maximum absolute atomic E-state index is 7.22. The van der Waals surface area contributed by atoms with Crippen LogP contribution in [0.25, 0.3) is 0 Å². The fourth-order valence-corrected chi connectivity index (χ4v) is 41.5. The van der Waals surface area contributed by atoms with Crippen molar-refractivity contribution in [1.82, 2.24) is 0 Å². The zero-order chi connectivity index (χ0) is 18.1. The number of hydrogen-bond donors (Lipinski definition) is 0. The Hall–Kier alpha value is 0.921. The summed E-state index contributed by atoms with van der Waals surface area (Å²) in [4.78, 5) is 0. The standard InChI is InChI=1S/C18H42O2SSi3/c1-7-13-22(14-8-2)19-23(15-9-3,16-10-4)21-24(20-22,17-11-5)18-12-6/h7-18H2,1-6H3. The summed E-state index contributed by atoms with van der Waals surface area (Å²) in [5.41, 5.74) is 0. The average Bonchev–Trinajstić information content (AvgIpc) is 2.48. The molecule has 24 heavy (non-hydrogen) atoms. The van der Waals surface area contributed by atoms with Crippen molar-refractivity contribution in [2.45, 2.75) is 116 Å². The zero-order valence-electron chi connectivity index (χ0n) is 17.2. The Bertz CT molecular complexity index is 273. The molecule has 0 unspecified atom stereocenters. The predicted octanol–water partition coefficient (Wildman–Crippen LogP) is 7.55. The molecule has 0 spiro atoms. The van der Waals surface area contributed by atoms with Gasteiger partial charge in [0.1, 0.15) is 0 Å². The Morgan fingerprint density at radius 3 is 1.04 bits per heavy atom. The molecule has 0 aromatic carbocycles. The van der Waals surface area contributed by atoms with E-state index in [1.165, 1.54) is 74.8 Å². The van der Waals surface area contributed by atoms with Gasteiger partial charge in [-0.1, -0.05) is 80.1 Å². The summed E-state index contributed by atoms with van der Waals surface area (Å²) in [6, 6.07) is 7.84. The second kappa shape index (κ2) is 10.9. The second-order valence-corrected chi connectivity index (χ2v) is 24.8. The molecule has 0 atom stereocenters. The van der Waals surface area contributed by atoms with Gasteiger partial charge in [-0.15, -0.1) is 0 Å². The molecule has 1 aliphatic heterocycles. The summed E-state index contributed by atoms with van der Waals surface area (Å²) < 4.78 is 14.4. The van der Waals surface area contributed by atoms with Crippen LogP contribution in [-0.2, 0) is 8.23 Å². The molecule has 0 aromatic rings. The van der Waals surface area contributed by atoms with Crippen LogP contribution in [0.4, 0.5) is 0 Å². The predicted molar refractivity (Wildman–Crippen MR) is 118 cm³/mol. The highest BCUT2D eigenvalue weighted by Crippen LogP contribution is 2.52. The first kappa shape index (κ1) is 23.0. The van der Waals surface area contributed by atoms with Crippen molar-refractivity contribution < 1.29 is 8.23 Å². The van der Waals surface area contributed by atoms with E-state index in [2.05, 4.69) is 52.2 Å². The molecule has 0 aromatic heterocycles. The van der Waals surface area contributed by atoms with Crippen LogP contribution < -0.4 is 0 Å². The maximum Gasteiger partial charge on any atom is 0.318 e. The quantitative estimate of drug-likeness (QED) is 0.312. The van der Waals surface area contributed by atoms with Crippen molar-refractivity contribution in [3.63, 3.8) is 0 Å². The highest BCUT2D eigenvalue weighted by Gasteiger charge is 2.59. The Labute approximate surface area is 158 Å². The minimum Gasteiger partial charge on any atom is -0.428 e. The van der Waals surface area contributed by atoms with Gasteiger partial charge in [0.05, 0.1) is 0 Å². The van der Waals surface area contributed by atoms with Gasteiger partial charge in [0.25, 0.3) is 0 Å². The van der Waals surface area contributed by atoms with Gasteiger partial charge < -0.3 is 8.23 Å².